The van der Waals surface area contributed by atoms with Gasteiger partial charge in [-0.3, -0.25) is 9.69 Å². The van der Waals surface area contributed by atoms with E-state index in [1.165, 1.54) is 22.3 Å². The van der Waals surface area contributed by atoms with E-state index in [0.717, 1.165) is 11.3 Å². The van der Waals surface area contributed by atoms with Gasteiger partial charge in [0.25, 0.3) is 0 Å². The first kappa shape index (κ1) is 20.1. The Bertz CT molecular complexity index is 828. The Morgan fingerprint density at radius 2 is 1.85 bits per heavy atom. The molecule has 27 heavy (non-hydrogen) atoms. The van der Waals surface area contributed by atoms with Crippen molar-refractivity contribution in [1.29, 1.82) is 0 Å². The van der Waals surface area contributed by atoms with Crippen LogP contribution in [0.1, 0.15) is 46.4 Å². The number of rotatable bonds is 5. The predicted molar refractivity (Wildman–Crippen MR) is 116 cm³/mol. The lowest BCUT2D eigenvalue weighted by molar-refractivity contribution is -0.131. The molecule has 0 aromatic heterocycles. The highest BCUT2D eigenvalue weighted by atomic mass is 32.2. The molecule has 1 amide bonds. The van der Waals surface area contributed by atoms with Crippen molar-refractivity contribution in [2.45, 2.75) is 39.3 Å². The fourth-order valence-corrected chi connectivity index (χ4v) is 5.31. The highest BCUT2D eigenvalue weighted by Crippen LogP contribution is 2.39. The number of thioether (sulfide) groups is 1. The predicted octanol–water partition coefficient (Wildman–Crippen LogP) is 5.29. The first-order chi connectivity index (χ1) is 12.9. The number of methoxy groups -OCH3 is 1. The molecule has 3 nitrogen and oxygen atoms in total. The Balaban J connectivity index is 1.87. The average Bonchev–Trinajstić information content (AvgIpc) is 3.00. The number of nitrogens with zero attached hydrogens (tertiary/aromatic N) is 1. The number of hydrogen-bond acceptors (Lipinski definition) is 4. The summed E-state index contributed by atoms with van der Waals surface area (Å²) in [6.07, 6.45) is 0.00903. The highest BCUT2D eigenvalue weighted by Gasteiger charge is 2.37. The normalized spacial score (nSPS) is 18.0. The van der Waals surface area contributed by atoms with Gasteiger partial charge in [-0.1, -0.05) is 72.0 Å². The largest absolute Gasteiger partial charge is 0.376 e. The lowest BCUT2D eigenvalue weighted by Crippen LogP contribution is -2.35. The first-order valence-corrected chi connectivity index (χ1v) is 10.5. The van der Waals surface area contributed by atoms with Gasteiger partial charge in [-0.25, -0.2) is 0 Å². The molecular weight excluding hydrogens is 374 g/mol. The molecule has 2 aromatic carbocycles. The van der Waals surface area contributed by atoms with E-state index in [2.05, 4.69) is 32.9 Å². The van der Waals surface area contributed by atoms with Crippen LogP contribution in [-0.2, 0) is 9.53 Å². The maximum absolute atomic E-state index is 13.2. The number of hydrogen-bond donors (Lipinski definition) is 0. The summed E-state index contributed by atoms with van der Waals surface area (Å²) in [5.74, 6) is 0.822. The number of aryl methyl sites for hydroxylation is 3. The molecule has 1 heterocycles. The minimum atomic E-state index is -0.270. The van der Waals surface area contributed by atoms with Gasteiger partial charge in [0.15, 0.2) is 0 Å². The van der Waals surface area contributed by atoms with Gasteiger partial charge in [0.05, 0.1) is 18.6 Å². The molecule has 0 radical (unpaired) electrons. The van der Waals surface area contributed by atoms with E-state index in [-0.39, 0.29) is 24.5 Å². The van der Waals surface area contributed by atoms with E-state index < -0.39 is 0 Å². The molecule has 0 N–H and O–H groups in total. The number of amides is 1. The van der Waals surface area contributed by atoms with Gasteiger partial charge in [0.2, 0.25) is 5.91 Å². The summed E-state index contributed by atoms with van der Waals surface area (Å²) >= 11 is 7.12. The van der Waals surface area contributed by atoms with Gasteiger partial charge in [0.1, 0.15) is 4.32 Å². The molecule has 3 rings (SSSR count). The minimum absolute atomic E-state index is 0.0103. The van der Waals surface area contributed by atoms with Crippen LogP contribution in [0.15, 0.2) is 42.5 Å². The summed E-state index contributed by atoms with van der Waals surface area (Å²) in [5.41, 5.74) is 5.89. The maximum atomic E-state index is 13.2. The number of thiocarbonyl (C=S) groups is 1. The van der Waals surface area contributed by atoms with Gasteiger partial charge in [-0.15, -0.1) is 0 Å². The highest BCUT2D eigenvalue weighted by molar-refractivity contribution is 8.23. The van der Waals surface area contributed by atoms with Crippen LogP contribution in [0.3, 0.4) is 0 Å². The van der Waals surface area contributed by atoms with E-state index in [1.807, 2.05) is 30.3 Å². The van der Waals surface area contributed by atoms with E-state index >= 15 is 0 Å². The summed E-state index contributed by atoms with van der Waals surface area (Å²) in [6.45, 7) is 6.33. The standard InChI is InChI=1S/C22H25NO2S2/c1-14-10-15(2)21(16(3)11-14)18-13-27-22(26)23(18)20(24)12-19(25-4)17-8-6-5-7-9-17/h5-11,18-19H,12-13H2,1-4H3/t18-,19-/m0/s1. The van der Waals surface area contributed by atoms with Gasteiger partial charge in [0, 0.05) is 12.9 Å². The Morgan fingerprint density at radius 1 is 1.22 bits per heavy atom. The Hall–Kier alpha value is -1.69. The molecule has 0 aliphatic carbocycles. The van der Waals surface area contributed by atoms with Crippen LogP contribution in [0.2, 0.25) is 0 Å². The van der Waals surface area contributed by atoms with E-state index in [1.54, 1.807) is 23.8 Å². The van der Waals surface area contributed by atoms with Crippen molar-refractivity contribution < 1.29 is 9.53 Å². The van der Waals surface area contributed by atoms with Crippen molar-refractivity contribution in [3.05, 3.63) is 70.3 Å². The zero-order valence-corrected chi connectivity index (χ0v) is 17.8. The first-order valence-electron chi connectivity index (χ1n) is 9.06. The van der Waals surface area contributed by atoms with Gasteiger partial charge in [-0.2, -0.15) is 0 Å². The molecule has 142 valence electrons. The van der Waals surface area contributed by atoms with Gasteiger partial charge >= 0.3 is 0 Å². The molecule has 5 heteroatoms. The third kappa shape index (κ3) is 4.26. The van der Waals surface area contributed by atoms with Crippen LogP contribution < -0.4 is 0 Å². The average molecular weight is 400 g/mol. The van der Waals surface area contributed by atoms with Crippen LogP contribution in [-0.4, -0.2) is 28.0 Å². The number of carbonyl (C=O) groups excluding carboxylic acids is 1. The quantitative estimate of drug-likeness (QED) is 0.639. The fraction of sp³-hybridized carbons (Fsp3) is 0.364. The topological polar surface area (TPSA) is 29.5 Å². The second-order valence-electron chi connectivity index (χ2n) is 7.01. The Kier molecular flexibility index (Phi) is 6.35. The van der Waals surface area contributed by atoms with Crippen molar-refractivity contribution in [1.82, 2.24) is 4.90 Å². The van der Waals surface area contributed by atoms with E-state index in [0.29, 0.717) is 4.32 Å². The summed E-state index contributed by atoms with van der Waals surface area (Å²) in [6, 6.07) is 14.2. The maximum Gasteiger partial charge on any atom is 0.231 e. The zero-order chi connectivity index (χ0) is 19.6. The van der Waals surface area contributed by atoms with Crippen LogP contribution in [0, 0.1) is 20.8 Å². The Morgan fingerprint density at radius 3 is 2.44 bits per heavy atom. The lowest BCUT2D eigenvalue weighted by atomic mass is 9.94. The van der Waals surface area contributed by atoms with Crippen molar-refractivity contribution in [3.63, 3.8) is 0 Å². The summed E-state index contributed by atoms with van der Waals surface area (Å²) in [4.78, 5) is 15.0. The molecule has 1 fully saturated rings. The third-order valence-corrected chi connectivity index (χ3v) is 6.51. The third-order valence-electron chi connectivity index (χ3n) is 5.03. The fourth-order valence-electron chi connectivity index (χ4n) is 3.89. The number of carbonyl (C=O) groups is 1. The van der Waals surface area contributed by atoms with Crippen LogP contribution in [0.4, 0.5) is 0 Å². The molecule has 0 unspecified atom stereocenters. The van der Waals surface area contributed by atoms with Crippen LogP contribution in [0.5, 0.6) is 0 Å². The summed E-state index contributed by atoms with van der Waals surface area (Å²) in [5, 5.41) is 0. The van der Waals surface area contributed by atoms with Crippen LogP contribution in [0.25, 0.3) is 0 Å². The van der Waals surface area contributed by atoms with Gasteiger partial charge in [-0.05, 0) is 43.0 Å². The molecule has 2 atom stereocenters. The molecule has 0 spiro atoms. The SMILES string of the molecule is CO[C@@H](CC(=O)N1C(=S)SC[C@H]1c1c(C)cc(C)cc1C)c1ccccc1. The number of benzene rings is 2. The van der Waals surface area contributed by atoms with Crippen molar-refractivity contribution >= 4 is 34.2 Å². The monoisotopic (exact) mass is 399 g/mol. The van der Waals surface area contributed by atoms with E-state index in [9.17, 15) is 4.79 Å². The molecule has 2 aromatic rings. The van der Waals surface area contributed by atoms with Gasteiger partial charge < -0.3 is 4.74 Å². The molecular formula is C22H25NO2S2. The Labute approximate surface area is 171 Å². The second kappa shape index (κ2) is 8.55. The van der Waals surface area contributed by atoms with Crippen LogP contribution >= 0.6 is 24.0 Å². The molecule has 1 saturated heterocycles. The number of ether oxygens (including phenoxy) is 1. The molecule has 0 bridgehead atoms. The molecule has 1 aliphatic rings. The summed E-state index contributed by atoms with van der Waals surface area (Å²) < 4.78 is 6.27. The minimum Gasteiger partial charge on any atom is -0.376 e. The van der Waals surface area contributed by atoms with Crippen molar-refractivity contribution in [2.75, 3.05) is 12.9 Å². The van der Waals surface area contributed by atoms with Crippen molar-refractivity contribution in [3.8, 4) is 0 Å². The molecule has 0 saturated carbocycles. The lowest BCUT2D eigenvalue weighted by Gasteiger charge is -2.28. The molecule has 1 aliphatic heterocycles. The smallest absolute Gasteiger partial charge is 0.231 e. The van der Waals surface area contributed by atoms with E-state index in [4.69, 9.17) is 17.0 Å². The summed E-state index contributed by atoms with van der Waals surface area (Å²) in [7, 11) is 1.65. The van der Waals surface area contributed by atoms with Crippen molar-refractivity contribution in [2.24, 2.45) is 0 Å². The zero-order valence-electron chi connectivity index (χ0n) is 16.2. The second-order valence-corrected chi connectivity index (χ2v) is 8.66.